The predicted molar refractivity (Wildman–Crippen MR) is 64.1 cm³/mol. The third kappa shape index (κ3) is 3.00. The number of nitrogens with one attached hydrogen (secondary N) is 1. The van der Waals surface area contributed by atoms with Crippen LogP contribution in [-0.4, -0.2) is 35.6 Å². The lowest BCUT2D eigenvalue weighted by molar-refractivity contribution is 0.162. The summed E-state index contributed by atoms with van der Waals surface area (Å²) in [5.41, 5.74) is 0. The largest absolute Gasteiger partial charge is 0.317 e. The van der Waals surface area contributed by atoms with Crippen LogP contribution in [0.15, 0.2) is 11.6 Å². The Morgan fingerprint density at radius 2 is 2.33 bits per heavy atom. The molecule has 0 bridgehead atoms. The van der Waals surface area contributed by atoms with Crippen molar-refractivity contribution in [1.29, 1.82) is 0 Å². The molecule has 1 aromatic heterocycles. The number of hydrogen-bond donors (Lipinski definition) is 1. The lowest BCUT2D eigenvalue weighted by atomic mass is 10.1. The van der Waals surface area contributed by atoms with E-state index in [1.54, 1.807) is 11.3 Å². The molecule has 1 aliphatic rings. The molecule has 1 fully saturated rings. The van der Waals surface area contributed by atoms with Gasteiger partial charge in [0.25, 0.3) is 0 Å². The summed E-state index contributed by atoms with van der Waals surface area (Å²) < 4.78 is 0. The van der Waals surface area contributed by atoms with Gasteiger partial charge in [0.05, 0.1) is 6.54 Å². The summed E-state index contributed by atoms with van der Waals surface area (Å²) in [6.07, 6.45) is 4.45. The molecule has 0 spiro atoms. The highest BCUT2D eigenvalue weighted by Crippen LogP contribution is 2.16. The van der Waals surface area contributed by atoms with Crippen LogP contribution in [0.2, 0.25) is 0 Å². The normalized spacial score (nSPS) is 18.5. The van der Waals surface area contributed by atoms with Crippen molar-refractivity contribution in [2.75, 3.05) is 19.6 Å². The molecule has 0 radical (unpaired) electrons. The van der Waals surface area contributed by atoms with Crippen LogP contribution in [0.3, 0.4) is 0 Å². The highest BCUT2D eigenvalue weighted by Gasteiger charge is 2.20. The van der Waals surface area contributed by atoms with E-state index in [1.807, 2.05) is 6.20 Å². The minimum Gasteiger partial charge on any atom is -0.317 e. The zero-order chi connectivity index (χ0) is 10.5. The van der Waals surface area contributed by atoms with Crippen LogP contribution in [0.4, 0.5) is 0 Å². The van der Waals surface area contributed by atoms with Crippen molar-refractivity contribution in [2.45, 2.75) is 32.4 Å². The van der Waals surface area contributed by atoms with Crippen molar-refractivity contribution in [3.8, 4) is 0 Å². The van der Waals surface area contributed by atoms with Crippen molar-refractivity contribution >= 4 is 11.3 Å². The van der Waals surface area contributed by atoms with Crippen LogP contribution in [0.1, 0.15) is 24.8 Å². The first-order valence-corrected chi connectivity index (χ1v) is 6.61. The summed E-state index contributed by atoms with van der Waals surface area (Å²) in [5, 5.41) is 6.72. The first kappa shape index (κ1) is 11.0. The molecule has 0 aliphatic carbocycles. The summed E-state index contributed by atoms with van der Waals surface area (Å²) in [7, 11) is 0. The number of aromatic nitrogens is 1. The van der Waals surface area contributed by atoms with Gasteiger partial charge < -0.3 is 5.32 Å². The predicted octanol–water partition coefficient (Wildman–Crippen LogP) is 1.72. The fourth-order valence-electron chi connectivity index (χ4n) is 2.18. The fraction of sp³-hybridized carbons (Fsp3) is 0.727. The molecular formula is C11H19N3S. The maximum absolute atomic E-state index is 4.36. The molecule has 1 aromatic rings. The Kier molecular flexibility index (Phi) is 4.11. The van der Waals surface area contributed by atoms with Crippen LogP contribution in [-0.2, 0) is 6.54 Å². The highest BCUT2D eigenvalue weighted by atomic mass is 32.1. The smallest absolute Gasteiger partial charge is 0.107 e. The van der Waals surface area contributed by atoms with Crippen LogP contribution in [0, 0.1) is 0 Å². The summed E-state index contributed by atoms with van der Waals surface area (Å²) in [6.45, 7) is 6.73. The van der Waals surface area contributed by atoms with Crippen LogP contribution in [0.25, 0.3) is 0 Å². The summed E-state index contributed by atoms with van der Waals surface area (Å²) in [6, 6.07) is 0.750. The number of piperidine rings is 1. The van der Waals surface area contributed by atoms with Crippen molar-refractivity contribution in [2.24, 2.45) is 0 Å². The highest BCUT2D eigenvalue weighted by molar-refractivity contribution is 7.09. The van der Waals surface area contributed by atoms with Crippen molar-refractivity contribution in [1.82, 2.24) is 15.2 Å². The topological polar surface area (TPSA) is 28.2 Å². The van der Waals surface area contributed by atoms with Gasteiger partial charge in [-0.15, -0.1) is 11.3 Å². The average Bonchev–Trinajstić information content (AvgIpc) is 2.80. The third-order valence-electron chi connectivity index (χ3n) is 3.05. The van der Waals surface area contributed by atoms with Crippen molar-refractivity contribution in [3.63, 3.8) is 0 Å². The van der Waals surface area contributed by atoms with Crippen molar-refractivity contribution < 1.29 is 0 Å². The Hall–Kier alpha value is -0.450. The molecule has 2 heterocycles. The van der Waals surface area contributed by atoms with Crippen LogP contribution < -0.4 is 5.32 Å². The van der Waals surface area contributed by atoms with Gasteiger partial charge in [0.2, 0.25) is 0 Å². The Morgan fingerprint density at radius 3 is 2.93 bits per heavy atom. The van der Waals surface area contributed by atoms with E-state index >= 15 is 0 Å². The molecule has 0 unspecified atom stereocenters. The molecule has 15 heavy (non-hydrogen) atoms. The quantitative estimate of drug-likeness (QED) is 0.845. The fourth-order valence-corrected chi connectivity index (χ4v) is 2.82. The molecule has 0 amide bonds. The Bertz CT molecular complexity index is 267. The van der Waals surface area contributed by atoms with Crippen molar-refractivity contribution in [3.05, 3.63) is 16.6 Å². The molecule has 0 aromatic carbocycles. The first-order valence-electron chi connectivity index (χ1n) is 5.73. The van der Waals surface area contributed by atoms with Gasteiger partial charge in [0.15, 0.2) is 0 Å². The molecule has 3 nitrogen and oxygen atoms in total. The molecule has 0 saturated carbocycles. The maximum Gasteiger partial charge on any atom is 0.107 e. The molecule has 2 rings (SSSR count). The Balaban J connectivity index is 1.91. The van der Waals surface area contributed by atoms with Gasteiger partial charge in [-0.3, -0.25) is 4.90 Å². The van der Waals surface area contributed by atoms with Gasteiger partial charge in [0, 0.05) is 17.6 Å². The zero-order valence-electron chi connectivity index (χ0n) is 9.28. The van der Waals surface area contributed by atoms with E-state index in [0.29, 0.717) is 0 Å². The molecule has 84 valence electrons. The van der Waals surface area contributed by atoms with E-state index in [4.69, 9.17) is 0 Å². The Labute approximate surface area is 95.5 Å². The van der Waals surface area contributed by atoms with Crippen LogP contribution in [0.5, 0.6) is 0 Å². The number of hydrogen-bond acceptors (Lipinski definition) is 4. The minimum absolute atomic E-state index is 0.750. The lowest BCUT2D eigenvalue weighted by Gasteiger charge is -2.33. The SMILES string of the molecule is CCN(Cc1nccs1)C1CCNCC1. The summed E-state index contributed by atoms with van der Waals surface area (Å²) in [4.78, 5) is 6.92. The monoisotopic (exact) mass is 225 g/mol. The van der Waals surface area contributed by atoms with Gasteiger partial charge in [-0.05, 0) is 32.5 Å². The van der Waals surface area contributed by atoms with Gasteiger partial charge in [-0.1, -0.05) is 6.92 Å². The molecule has 1 saturated heterocycles. The zero-order valence-corrected chi connectivity index (χ0v) is 10.1. The second-order valence-electron chi connectivity index (χ2n) is 3.97. The molecule has 4 heteroatoms. The number of nitrogens with zero attached hydrogens (tertiary/aromatic N) is 2. The van der Waals surface area contributed by atoms with E-state index in [9.17, 15) is 0 Å². The summed E-state index contributed by atoms with van der Waals surface area (Å²) in [5.74, 6) is 0. The third-order valence-corrected chi connectivity index (χ3v) is 3.82. The molecule has 0 atom stereocenters. The van der Waals surface area contributed by atoms with E-state index in [1.165, 1.54) is 30.9 Å². The number of rotatable bonds is 4. The van der Waals surface area contributed by atoms with Gasteiger partial charge in [0.1, 0.15) is 5.01 Å². The molecule has 1 N–H and O–H groups in total. The van der Waals surface area contributed by atoms with E-state index < -0.39 is 0 Å². The standard InChI is InChI=1S/C11H19N3S/c1-2-14(9-11-13-7-8-15-11)10-3-5-12-6-4-10/h7-8,10,12H,2-6,9H2,1H3. The minimum atomic E-state index is 0.750. The summed E-state index contributed by atoms with van der Waals surface area (Å²) >= 11 is 1.76. The lowest BCUT2D eigenvalue weighted by Crippen LogP contribution is -2.42. The number of thiazole rings is 1. The van der Waals surface area contributed by atoms with E-state index in [0.717, 1.165) is 19.1 Å². The first-order chi connectivity index (χ1) is 7.40. The second kappa shape index (κ2) is 5.58. The molecule has 1 aliphatic heterocycles. The van der Waals surface area contributed by atoms with Gasteiger partial charge in [-0.25, -0.2) is 4.98 Å². The second-order valence-corrected chi connectivity index (χ2v) is 4.95. The van der Waals surface area contributed by atoms with Gasteiger partial charge >= 0.3 is 0 Å². The van der Waals surface area contributed by atoms with Gasteiger partial charge in [-0.2, -0.15) is 0 Å². The average molecular weight is 225 g/mol. The van der Waals surface area contributed by atoms with E-state index in [2.05, 4.69) is 27.5 Å². The molecular weight excluding hydrogens is 206 g/mol. The van der Waals surface area contributed by atoms with Crippen LogP contribution >= 0.6 is 11.3 Å². The maximum atomic E-state index is 4.36. The van der Waals surface area contributed by atoms with E-state index in [-0.39, 0.29) is 0 Å². The Morgan fingerprint density at radius 1 is 1.53 bits per heavy atom.